The van der Waals surface area contributed by atoms with Crippen LogP contribution in [0.25, 0.3) is 0 Å². The van der Waals surface area contributed by atoms with Crippen molar-refractivity contribution in [3.8, 4) is 0 Å². The largest absolute Gasteiger partial charge is 0.367 e. The van der Waals surface area contributed by atoms with E-state index in [0.29, 0.717) is 31.2 Å². The third-order valence-electron chi connectivity index (χ3n) is 8.18. The number of carbonyl (C=O) groups excluding carboxylic acids is 2. The van der Waals surface area contributed by atoms with Crippen molar-refractivity contribution >= 4 is 11.8 Å². The van der Waals surface area contributed by atoms with Crippen molar-refractivity contribution in [1.82, 2.24) is 37.6 Å². The van der Waals surface area contributed by atoms with Gasteiger partial charge in [0.05, 0.1) is 12.3 Å². The van der Waals surface area contributed by atoms with E-state index in [-0.39, 0.29) is 54.7 Å². The lowest BCUT2D eigenvalue weighted by Gasteiger charge is -2.42. The van der Waals surface area contributed by atoms with Crippen LogP contribution in [-0.2, 0) is 23.9 Å². The van der Waals surface area contributed by atoms with E-state index in [1.807, 2.05) is 0 Å². The minimum Gasteiger partial charge on any atom is -0.367 e. The molecule has 1 saturated carbocycles. The molecule has 7 N–H and O–H groups in total. The summed E-state index contributed by atoms with van der Waals surface area (Å²) < 4.78 is 11.1. The van der Waals surface area contributed by atoms with Crippen LogP contribution in [-0.4, -0.2) is 70.1 Å². The van der Waals surface area contributed by atoms with Crippen LogP contribution in [0.4, 0.5) is 0 Å². The first-order valence-corrected chi connectivity index (χ1v) is 13.5. The molecule has 12 heteroatoms. The highest BCUT2D eigenvalue weighted by Crippen LogP contribution is 2.33. The molecule has 3 aliphatic heterocycles. The molecule has 4 fully saturated rings. The highest BCUT2D eigenvalue weighted by atomic mass is 16.7. The van der Waals surface area contributed by atoms with Gasteiger partial charge in [-0.3, -0.25) is 30.5 Å². The topological polar surface area (TPSA) is 146 Å². The van der Waals surface area contributed by atoms with Crippen molar-refractivity contribution in [2.75, 3.05) is 27.3 Å². The molecule has 206 valence electrons. The Balaban J connectivity index is 1.09. The van der Waals surface area contributed by atoms with Gasteiger partial charge in [0.1, 0.15) is 18.7 Å². The Morgan fingerprint density at radius 3 is 2.78 bits per heavy atom. The highest BCUT2D eigenvalue weighted by Gasteiger charge is 2.43. The molecule has 0 aromatic heterocycles. The fourth-order valence-electron chi connectivity index (χ4n) is 6.16. The van der Waals surface area contributed by atoms with E-state index in [9.17, 15) is 9.59 Å². The number of hydrazine groups is 1. The zero-order valence-corrected chi connectivity index (χ0v) is 21.8. The van der Waals surface area contributed by atoms with Crippen LogP contribution in [0.1, 0.15) is 58.3 Å². The molecule has 9 atom stereocenters. The molecule has 0 radical (unpaired) electrons. The molecule has 9 unspecified atom stereocenters. The van der Waals surface area contributed by atoms with Crippen LogP contribution in [0.2, 0.25) is 0 Å². The third kappa shape index (κ3) is 6.93. The quantitative estimate of drug-likeness (QED) is 0.183. The maximum atomic E-state index is 12.4. The molecule has 0 aromatic carbocycles. The van der Waals surface area contributed by atoms with E-state index in [4.69, 9.17) is 14.3 Å². The molecule has 1 aliphatic carbocycles. The number of carbonyl (C=O) groups is 2. The first-order valence-electron chi connectivity index (χ1n) is 13.5. The number of methoxy groups -OCH3 is 2. The SMILES string of the molecule is COC1CC(C)C(C2NOC(CCC(=O)NCCCNC3NNC(=O)C4CCCCC34)N2)C(OC)N1. The van der Waals surface area contributed by atoms with Gasteiger partial charge in [0.25, 0.3) is 0 Å². The van der Waals surface area contributed by atoms with Gasteiger partial charge in [0.2, 0.25) is 11.8 Å². The van der Waals surface area contributed by atoms with Gasteiger partial charge in [-0.1, -0.05) is 19.8 Å². The van der Waals surface area contributed by atoms with Gasteiger partial charge < -0.3 is 20.1 Å². The van der Waals surface area contributed by atoms with Crippen LogP contribution in [0.5, 0.6) is 0 Å². The number of rotatable bonds is 11. The first kappa shape index (κ1) is 27.6. The summed E-state index contributed by atoms with van der Waals surface area (Å²) in [6.07, 6.45) is 6.63. The Bertz CT molecular complexity index is 731. The minimum absolute atomic E-state index is 0.0182. The summed E-state index contributed by atoms with van der Waals surface area (Å²) in [5.74, 6) is 1.10. The van der Waals surface area contributed by atoms with Crippen LogP contribution < -0.4 is 37.6 Å². The van der Waals surface area contributed by atoms with Gasteiger partial charge in [0, 0.05) is 44.9 Å². The number of hydroxylamine groups is 1. The van der Waals surface area contributed by atoms with Crippen LogP contribution in [0.3, 0.4) is 0 Å². The smallest absolute Gasteiger partial charge is 0.237 e. The Hall–Kier alpha value is -1.38. The molecule has 0 aromatic rings. The Morgan fingerprint density at radius 1 is 1.14 bits per heavy atom. The molecule has 36 heavy (non-hydrogen) atoms. The van der Waals surface area contributed by atoms with E-state index < -0.39 is 0 Å². The third-order valence-corrected chi connectivity index (χ3v) is 8.18. The second kappa shape index (κ2) is 13.4. The van der Waals surface area contributed by atoms with Gasteiger partial charge in [-0.2, -0.15) is 5.48 Å². The summed E-state index contributed by atoms with van der Waals surface area (Å²) in [4.78, 5) is 30.1. The van der Waals surface area contributed by atoms with Gasteiger partial charge in [0.15, 0.2) is 0 Å². The van der Waals surface area contributed by atoms with Crippen LogP contribution in [0.15, 0.2) is 0 Å². The molecular formula is C24H45N7O5. The molecule has 3 heterocycles. The van der Waals surface area contributed by atoms with E-state index in [0.717, 1.165) is 38.6 Å². The molecule has 0 bridgehead atoms. The van der Waals surface area contributed by atoms with E-state index in [1.165, 1.54) is 6.42 Å². The van der Waals surface area contributed by atoms with Crippen LogP contribution in [0, 0.1) is 23.7 Å². The summed E-state index contributed by atoms with van der Waals surface area (Å²) >= 11 is 0. The molecule has 4 rings (SSSR count). The number of fused-ring (bicyclic) bond motifs is 1. The lowest BCUT2D eigenvalue weighted by atomic mass is 9.76. The molecule has 12 nitrogen and oxygen atoms in total. The van der Waals surface area contributed by atoms with Crippen molar-refractivity contribution < 1.29 is 23.9 Å². The molecule has 4 aliphatic rings. The zero-order valence-electron chi connectivity index (χ0n) is 21.8. The zero-order chi connectivity index (χ0) is 25.5. The molecule has 3 saturated heterocycles. The molecular weight excluding hydrogens is 466 g/mol. The van der Waals surface area contributed by atoms with Crippen LogP contribution >= 0.6 is 0 Å². The van der Waals surface area contributed by atoms with Crippen molar-refractivity contribution in [3.05, 3.63) is 0 Å². The number of hydrogen-bond acceptors (Lipinski definition) is 10. The maximum Gasteiger partial charge on any atom is 0.237 e. The van der Waals surface area contributed by atoms with Crippen molar-refractivity contribution in [1.29, 1.82) is 0 Å². The second-order valence-corrected chi connectivity index (χ2v) is 10.6. The fraction of sp³-hybridized carbons (Fsp3) is 0.917. The predicted molar refractivity (Wildman–Crippen MR) is 132 cm³/mol. The number of amides is 2. The van der Waals surface area contributed by atoms with Crippen molar-refractivity contribution in [2.24, 2.45) is 23.7 Å². The Morgan fingerprint density at radius 2 is 1.97 bits per heavy atom. The molecule has 2 amide bonds. The summed E-state index contributed by atoms with van der Waals surface area (Å²) in [6.45, 7) is 3.57. The van der Waals surface area contributed by atoms with E-state index in [1.54, 1.807) is 14.2 Å². The summed E-state index contributed by atoms with van der Waals surface area (Å²) in [6, 6.07) is 0. The molecule has 0 spiro atoms. The second-order valence-electron chi connectivity index (χ2n) is 10.6. The standard InChI is InChI=1S/C24H45N7O5/c1-14-13-19(34-2)28-24(35-3)20(14)22-27-18(36-31-22)10-9-17(32)25-11-6-12-26-21-15-7-4-5-8-16(15)23(33)30-29-21/h14-16,18-22,24,26-29,31H,4-13H2,1-3H3,(H,25,32)(H,30,33). The Labute approximate surface area is 214 Å². The number of piperidine rings is 1. The van der Waals surface area contributed by atoms with Gasteiger partial charge in [-0.25, -0.2) is 5.43 Å². The number of ether oxygens (including phenoxy) is 2. The highest BCUT2D eigenvalue weighted by molar-refractivity contribution is 5.79. The maximum absolute atomic E-state index is 12.4. The summed E-state index contributed by atoms with van der Waals surface area (Å²) in [5.41, 5.74) is 9.03. The van der Waals surface area contributed by atoms with Crippen molar-refractivity contribution in [3.63, 3.8) is 0 Å². The monoisotopic (exact) mass is 511 g/mol. The first-order chi connectivity index (χ1) is 17.5. The fourth-order valence-corrected chi connectivity index (χ4v) is 6.16. The van der Waals surface area contributed by atoms with Gasteiger partial charge in [-0.15, -0.1) is 0 Å². The summed E-state index contributed by atoms with van der Waals surface area (Å²) in [5, 5.41) is 13.3. The van der Waals surface area contributed by atoms with Gasteiger partial charge >= 0.3 is 0 Å². The lowest BCUT2D eigenvalue weighted by Crippen LogP contribution is -2.64. The van der Waals surface area contributed by atoms with Crippen molar-refractivity contribution in [2.45, 2.75) is 89.3 Å². The minimum atomic E-state index is -0.233. The lowest BCUT2D eigenvalue weighted by molar-refractivity contribution is -0.134. The number of nitrogens with one attached hydrogen (secondary N) is 7. The van der Waals surface area contributed by atoms with E-state index >= 15 is 0 Å². The summed E-state index contributed by atoms with van der Waals surface area (Å²) in [7, 11) is 3.39. The predicted octanol–water partition coefficient (Wildman–Crippen LogP) is -0.403. The van der Waals surface area contributed by atoms with Gasteiger partial charge in [-0.05, 0) is 44.6 Å². The average molecular weight is 512 g/mol. The normalized spacial score (nSPS) is 38.9. The number of hydrogen-bond donors (Lipinski definition) is 7. The average Bonchev–Trinajstić information content (AvgIpc) is 3.36. The Kier molecular flexibility index (Phi) is 10.3. The van der Waals surface area contributed by atoms with E-state index in [2.05, 4.69) is 44.5 Å².